The van der Waals surface area contributed by atoms with E-state index in [0.29, 0.717) is 17.5 Å². The lowest BCUT2D eigenvalue weighted by Gasteiger charge is -1.99. The second-order valence-corrected chi connectivity index (χ2v) is 5.08. The van der Waals surface area contributed by atoms with Crippen molar-refractivity contribution in [3.05, 3.63) is 23.7 Å². The minimum atomic E-state index is -0.197. The SMILES string of the molecule is COC(=O)CSCc1ccc(CNC2CC2)o1. The molecule has 0 saturated heterocycles. The Bertz CT molecular complexity index is 374. The van der Waals surface area contributed by atoms with Gasteiger partial charge in [0, 0.05) is 6.04 Å². The van der Waals surface area contributed by atoms with E-state index in [-0.39, 0.29) is 5.97 Å². The Labute approximate surface area is 105 Å². The standard InChI is InChI=1S/C12H17NO3S/c1-15-12(14)8-17-7-11-5-4-10(16-11)6-13-9-2-3-9/h4-5,9,13H,2-3,6-8H2,1H3. The average molecular weight is 255 g/mol. The van der Waals surface area contributed by atoms with Crippen molar-refractivity contribution < 1.29 is 13.9 Å². The molecule has 17 heavy (non-hydrogen) atoms. The minimum absolute atomic E-state index is 0.197. The lowest BCUT2D eigenvalue weighted by atomic mass is 10.4. The van der Waals surface area contributed by atoms with E-state index >= 15 is 0 Å². The van der Waals surface area contributed by atoms with E-state index in [1.165, 1.54) is 31.7 Å². The number of ether oxygens (including phenoxy) is 1. The van der Waals surface area contributed by atoms with E-state index < -0.39 is 0 Å². The largest absolute Gasteiger partial charge is 0.468 e. The molecule has 1 saturated carbocycles. The van der Waals surface area contributed by atoms with Crippen molar-refractivity contribution in [1.82, 2.24) is 5.32 Å². The number of rotatable bonds is 7. The molecule has 5 heteroatoms. The third kappa shape index (κ3) is 4.44. The van der Waals surface area contributed by atoms with Crippen molar-refractivity contribution >= 4 is 17.7 Å². The molecule has 0 bridgehead atoms. The van der Waals surface area contributed by atoms with E-state index in [4.69, 9.17) is 4.42 Å². The quantitative estimate of drug-likeness (QED) is 0.755. The Kier molecular flexibility index (Phi) is 4.50. The number of carbonyl (C=O) groups excluding carboxylic acids is 1. The monoisotopic (exact) mass is 255 g/mol. The molecule has 94 valence electrons. The Morgan fingerprint density at radius 3 is 3.00 bits per heavy atom. The number of thioether (sulfide) groups is 1. The summed E-state index contributed by atoms with van der Waals surface area (Å²) >= 11 is 1.50. The van der Waals surface area contributed by atoms with Gasteiger partial charge in [-0.05, 0) is 25.0 Å². The molecule has 1 heterocycles. The maximum Gasteiger partial charge on any atom is 0.315 e. The molecule has 0 radical (unpaired) electrons. The van der Waals surface area contributed by atoms with Crippen molar-refractivity contribution in [2.75, 3.05) is 12.9 Å². The average Bonchev–Trinajstić information content (AvgIpc) is 3.06. The number of hydrogen-bond acceptors (Lipinski definition) is 5. The van der Waals surface area contributed by atoms with Gasteiger partial charge in [0.1, 0.15) is 11.5 Å². The van der Waals surface area contributed by atoms with Crippen LogP contribution in [0.3, 0.4) is 0 Å². The third-order valence-electron chi connectivity index (χ3n) is 2.55. The van der Waals surface area contributed by atoms with Crippen LogP contribution >= 0.6 is 11.8 Å². The maximum absolute atomic E-state index is 10.9. The molecule has 0 spiro atoms. The van der Waals surface area contributed by atoms with Gasteiger partial charge in [-0.2, -0.15) is 0 Å². The molecule has 1 aliphatic carbocycles. The summed E-state index contributed by atoms with van der Waals surface area (Å²) in [5.41, 5.74) is 0. The number of carbonyl (C=O) groups is 1. The van der Waals surface area contributed by atoms with Gasteiger partial charge in [-0.1, -0.05) is 0 Å². The van der Waals surface area contributed by atoms with Gasteiger partial charge in [-0.25, -0.2) is 0 Å². The number of esters is 1. The van der Waals surface area contributed by atoms with Crippen LogP contribution < -0.4 is 5.32 Å². The molecule has 0 aliphatic heterocycles. The summed E-state index contributed by atoms with van der Waals surface area (Å²) in [6, 6.07) is 4.65. The third-order valence-corrected chi connectivity index (χ3v) is 3.48. The van der Waals surface area contributed by atoms with Crippen LogP contribution in [0.5, 0.6) is 0 Å². The first-order valence-electron chi connectivity index (χ1n) is 5.73. The first-order valence-corrected chi connectivity index (χ1v) is 6.89. The van der Waals surface area contributed by atoms with Crippen molar-refractivity contribution in [2.45, 2.75) is 31.2 Å². The Morgan fingerprint density at radius 2 is 2.29 bits per heavy atom. The van der Waals surface area contributed by atoms with Crippen molar-refractivity contribution in [3.8, 4) is 0 Å². The lowest BCUT2D eigenvalue weighted by molar-refractivity contribution is -0.137. The predicted molar refractivity (Wildman–Crippen MR) is 66.7 cm³/mol. The Balaban J connectivity index is 1.67. The topological polar surface area (TPSA) is 51.5 Å². The van der Waals surface area contributed by atoms with E-state index in [0.717, 1.165) is 18.1 Å². The summed E-state index contributed by atoms with van der Waals surface area (Å²) in [5, 5.41) is 3.39. The molecule has 0 aromatic carbocycles. The van der Waals surface area contributed by atoms with Crippen LogP contribution in [-0.2, 0) is 21.8 Å². The molecule has 1 aromatic rings. The van der Waals surface area contributed by atoms with E-state index in [1.807, 2.05) is 12.1 Å². The fourth-order valence-electron chi connectivity index (χ4n) is 1.42. The molecule has 4 nitrogen and oxygen atoms in total. The highest BCUT2D eigenvalue weighted by atomic mass is 32.2. The lowest BCUT2D eigenvalue weighted by Crippen LogP contribution is -2.14. The minimum Gasteiger partial charge on any atom is -0.468 e. The summed E-state index contributed by atoms with van der Waals surface area (Å²) in [5.74, 6) is 2.75. The predicted octanol–water partition coefficient (Wildman–Crippen LogP) is 1.94. The highest BCUT2D eigenvalue weighted by Gasteiger charge is 2.20. The van der Waals surface area contributed by atoms with E-state index in [2.05, 4.69) is 10.1 Å². The number of hydrogen-bond donors (Lipinski definition) is 1. The van der Waals surface area contributed by atoms with Crippen LogP contribution in [0, 0.1) is 0 Å². The molecule has 1 N–H and O–H groups in total. The zero-order chi connectivity index (χ0) is 12.1. The summed E-state index contributed by atoms with van der Waals surface area (Å²) in [6.07, 6.45) is 2.56. The molecular formula is C12H17NO3S. The first-order chi connectivity index (χ1) is 8.28. The molecule has 1 aliphatic rings. The van der Waals surface area contributed by atoms with Gasteiger partial charge >= 0.3 is 5.97 Å². The molecule has 2 rings (SSSR count). The van der Waals surface area contributed by atoms with Gasteiger partial charge in [0.05, 0.1) is 25.2 Å². The zero-order valence-electron chi connectivity index (χ0n) is 9.90. The van der Waals surface area contributed by atoms with Crippen LogP contribution in [0.15, 0.2) is 16.5 Å². The maximum atomic E-state index is 10.9. The van der Waals surface area contributed by atoms with Gasteiger partial charge in [0.25, 0.3) is 0 Å². The Morgan fingerprint density at radius 1 is 1.53 bits per heavy atom. The van der Waals surface area contributed by atoms with Crippen molar-refractivity contribution in [3.63, 3.8) is 0 Å². The fourth-order valence-corrected chi connectivity index (χ4v) is 2.16. The van der Waals surface area contributed by atoms with Crippen LogP contribution in [0.4, 0.5) is 0 Å². The molecule has 0 amide bonds. The molecule has 0 unspecified atom stereocenters. The highest BCUT2D eigenvalue weighted by Crippen LogP contribution is 2.20. The van der Waals surface area contributed by atoms with Crippen LogP contribution in [0.1, 0.15) is 24.4 Å². The second-order valence-electron chi connectivity index (χ2n) is 4.09. The zero-order valence-corrected chi connectivity index (χ0v) is 10.7. The van der Waals surface area contributed by atoms with Crippen molar-refractivity contribution in [2.24, 2.45) is 0 Å². The van der Waals surface area contributed by atoms with Crippen LogP contribution in [0.2, 0.25) is 0 Å². The van der Waals surface area contributed by atoms with E-state index in [1.54, 1.807) is 0 Å². The Hall–Kier alpha value is -0.940. The number of nitrogens with one attached hydrogen (secondary N) is 1. The normalized spacial score (nSPS) is 14.9. The molecule has 1 aromatic heterocycles. The molecule has 1 fully saturated rings. The van der Waals surface area contributed by atoms with Crippen LogP contribution in [0.25, 0.3) is 0 Å². The summed E-state index contributed by atoms with van der Waals surface area (Å²) in [6.45, 7) is 0.798. The molecule has 0 atom stereocenters. The molecular weight excluding hydrogens is 238 g/mol. The smallest absolute Gasteiger partial charge is 0.315 e. The summed E-state index contributed by atoms with van der Waals surface area (Å²) < 4.78 is 10.2. The van der Waals surface area contributed by atoms with Crippen LogP contribution in [-0.4, -0.2) is 24.9 Å². The fraction of sp³-hybridized carbons (Fsp3) is 0.583. The van der Waals surface area contributed by atoms with E-state index in [9.17, 15) is 4.79 Å². The number of furan rings is 1. The summed E-state index contributed by atoms with van der Waals surface area (Å²) in [7, 11) is 1.40. The second kappa shape index (κ2) is 6.12. The van der Waals surface area contributed by atoms with Gasteiger partial charge < -0.3 is 14.5 Å². The van der Waals surface area contributed by atoms with Gasteiger partial charge in [0.2, 0.25) is 0 Å². The van der Waals surface area contributed by atoms with Crippen molar-refractivity contribution in [1.29, 1.82) is 0 Å². The highest BCUT2D eigenvalue weighted by molar-refractivity contribution is 7.99. The van der Waals surface area contributed by atoms with Gasteiger partial charge in [0.15, 0.2) is 0 Å². The number of methoxy groups -OCH3 is 1. The summed E-state index contributed by atoms with van der Waals surface area (Å²) in [4.78, 5) is 10.9. The van der Waals surface area contributed by atoms with Gasteiger partial charge in [-0.3, -0.25) is 4.79 Å². The first kappa shape index (κ1) is 12.5. The van der Waals surface area contributed by atoms with Gasteiger partial charge in [-0.15, -0.1) is 11.8 Å².